The molecule has 5 aromatic carbocycles. The predicted octanol–water partition coefficient (Wildman–Crippen LogP) is 9.02. The molecule has 7 aromatic rings. The summed E-state index contributed by atoms with van der Waals surface area (Å²) in [5.74, 6) is 0.632. The van der Waals surface area contributed by atoms with Gasteiger partial charge in [-0.05, 0) is 71.8 Å². The first kappa shape index (κ1) is 20.2. The molecule has 0 spiro atoms. The number of oxazole rings is 1. The minimum atomic E-state index is 0.632. The second kappa shape index (κ2) is 7.97. The van der Waals surface area contributed by atoms with Crippen LogP contribution < -0.4 is 0 Å². The van der Waals surface area contributed by atoms with Crippen LogP contribution in [0.5, 0.6) is 0 Å². The van der Waals surface area contributed by atoms with E-state index >= 15 is 0 Å². The summed E-state index contributed by atoms with van der Waals surface area (Å²) in [4.78, 5) is 4.83. The maximum Gasteiger partial charge on any atom is 0.227 e. The summed E-state index contributed by atoms with van der Waals surface area (Å²) < 4.78 is 9.81. The number of fused-ring (bicyclic) bond motifs is 5. The Balaban J connectivity index is 1.57. The summed E-state index contributed by atoms with van der Waals surface area (Å²) in [5, 5.41) is 2.32. The maximum absolute atomic E-state index is 6.45. The lowest BCUT2D eigenvalue weighted by molar-refractivity contribution is 0.622. The summed E-state index contributed by atoms with van der Waals surface area (Å²) in [6.45, 7) is 0. The average molecular weight is 515 g/mol. The predicted molar refractivity (Wildman–Crippen MR) is 147 cm³/mol. The summed E-state index contributed by atoms with van der Waals surface area (Å²) in [6, 6.07) is 39.8. The molecule has 2 aromatic heterocycles. The van der Waals surface area contributed by atoms with Crippen LogP contribution in [0, 0.1) is 0 Å². The van der Waals surface area contributed by atoms with E-state index in [1.54, 1.807) is 0 Å². The monoisotopic (exact) mass is 514 g/mol. The Bertz CT molecular complexity index is 1850. The van der Waals surface area contributed by atoms with Crippen molar-refractivity contribution in [2.75, 3.05) is 0 Å². The molecule has 0 atom stereocenters. The molecule has 0 saturated carbocycles. The summed E-state index contributed by atoms with van der Waals surface area (Å²) in [6.07, 6.45) is 0. The zero-order valence-electron chi connectivity index (χ0n) is 18.7. The van der Waals surface area contributed by atoms with Crippen molar-refractivity contribution >= 4 is 48.8 Å². The number of para-hydroxylation sites is 1. The van der Waals surface area contributed by atoms with Gasteiger partial charge in [0.1, 0.15) is 5.52 Å². The summed E-state index contributed by atoms with van der Waals surface area (Å²) in [7, 11) is 0. The summed E-state index contributed by atoms with van der Waals surface area (Å²) >= 11 is 3.61. The molecule has 7 rings (SSSR count). The first-order valence-electron chi connectivity index (χ1n) is 11.5. The van der Waals surface area contributed by atoms with Gasteiger partial charge in [-0.3, -0.25) is 0 Å². The number of aromatic nitrogens is 2. The summed E-state index contributed by atoms with van der Waals surface area (Å²) in [5.41, 5.74) is 8.22. The van der Waals surface area contributed by atoms with Gasteiger partial charge in [0.2, 0.25) is 5.89 Å². The molecule has 3 nitrogen and oxygen atoms in total. The molecule has 4 heteroatoms. The van der Waals surface area contributed by atoms with Crippen molar-refractivity contribution in [1.29, 1.82) is 0 Å². The minimum absolute atomic E-state index is 0.632. The standard InChI is InChI=1S/C31H19BrN2O/c32-23-11-7-10-21(18-23)22-14-17-28-26(19-22)25-15-16-27-30(29(25)34(28)24-12-5-2-6-13-24)35-31(33-27)20-8-3-1-4-9-20/h1-19H. The van der Waals surface area contributed by atoms with Gasteiger partial charge in [-0.25, -0.2) is 4.98 Å². The van der Waals surface area contributed by atoms with E-state index in [2.05, 4.69) is 93.3 Å². The van der Waals surface area contributed by atoms with Gasteiger partial charge in [-0.15, -0.1) is 0 Å². The Morgan fingerprint density at radius 3 is 2.17 bits per heavy atom. The molecular weight excluding hydrogens is 496 g/mol. The fourth-order valence-corrected chi connectivity index (χ4v) is 5.28. The van der Waals surface area contributed by atoms with E-state index in [1.165, 1.54) is 16.5 Å². The van der Waals surface area contributed by atoms with Crippen molar-refractivity contribution in [2.24, 2.45) is 0 Å². The molecule has 0 amide bonds. The average Bonchev–Trinajstić information content (AvgIpc) is 3.49. The first-order chi connectivity index (χ1) is 17.3. The highest BCUT2D eigenvalue weighted by molar-refractivity contribution is 9.10. The Morgan fingerprint density at radius 1 is 0.629 bits per heavy atom. The van der Waals surface area contributed by atoms with Crippen molar-refractivity contribution in [3.8, 4) is 28.3 Å². The van der Waals surface area contributed by atoms with Gasteiger partial charge in [0, 0.05) is 26.5 Å². The van der Waals surface area contributed by atoms with Crippen molar-refractivity contribution in [2.45, 2.75) is 0 Å². The van der Waals surface area contributed by atoms with Crippen LogP contribution in [-0.4, -0.2) is 9.55 Å². The van der Waals surface area contributed by atoms with Crippen LogP contribution in [0.25, 0.3) is 61.2 Å². The zero-order valence-corrected chi connectivity index (χ0v) is 20.2. The molecule has 0 radical (unpaired) electrons. The SMILES string of the molecule is Brc1cccc(-c2ccc3c(c2)c2ccc4nc(-c5ccccc5)oc4c2n3-c2ccccc2)c1. The number of rotatable bonds is 3. The fourth-order valence-electron chi connectivity index (χ4n) is 4.88. The smallest absolute Gasteiger partial charge is 0.227 e. The van der Waals surface area contributed by atoms with E-state index in [1.807, 2.05) is 42.5 Å². The number of halogens is 1. The van der Waals surface area contributed by atoms with E-state index in [4.69, 9.17) is 9.40 Å². The van der Waals surface area contributed by atoms with E-state index in [9.17, 15) is 0 Å². The van der Waals surface area contributed by atoms with Crippen molar-refractivity contribution in [3.05, 3.63) is 120 Å². The molecule has 0 aliphatic rings. The van der Waals surface area contributed by atoms with Crippen LogP contribution in [0.2, 0.25) is 0 Å². The molecule has 0 aliphatic heterocycles. The van der Waals surface area contributed by atoms with Crippen molar-refractivity contribution in [3.63, 3.8) is 0 Å². The Labute approximate surface area is 210 Å². The van der Waals surface area contributed by atoms with Gasteiger partial charge >= 0.3 is 0 Å². The van der Waals surface area contributed by atoms with E-state index in [0.717, 1.165) is 43.2 Å². The fraction of sp³-hybridized carbons (Fsp3) is 0. The number of benzene rings is 5. The topological polar surface area (TPSA) is 31.0 Å². The second-order valence-electron chi connectivity index (χ2n) is 8.61. The van der Waals surface area contributed by atoms with E-state index < -0.39 is 0 Å². The van der Waals surface area contributed by atoms with Crippen LogP contribution in [0.1, 0.15) is 0 Å². The normalized spacial score (nSPS) is 11.6. The largest absolute Gasteiger partial charge is 0.434 e. The molecule has 0 fully saturated rings. The van der Waals surface area contributed by atoms with Crippen LogP contribution in [-0.2, 0) is 0 Å². The molecule has 0 unspecified atom stereocenters. The lowest BCUT2D eigenvalue weighted by atomic mass is 10.0. The molecular formula is C31H19BrN2O. The highest BCUT2D eigenvalue weighted by atomic mass is 79.9. The van der Waals surface area contributed by atoms with Gasteiger partial charge in [-0.1, -0.05) is 70.5 Å². The molecule has 166 valence electrons. The minimum Gasteiger partial charge on any atom is -0.434 e. The van der Waals surface area contributed by atoms with E-state index in [-0.39, 0.29) is 0 Å². The highest BCUT2D eigenvalue weighted by Gasteiger charge is 2.19. The van der Waals surface area contributed by atoms with Crippen LogP contribution in [0.15, 0.2) is 124 Å². The van der Waals surface area contributed by atoms with Gasteiger partial charge in [-0.2, -0.15) is 0 Å². The van der Waals surface area contributed by atoms with Crippen LogP contribution in [0.4, 0.5) is 0 Å². The van der Waals surface area contributed by atoms with Gasteiger partial charge in [0.15, 0.2) is 5.58 Å². The van der Waals surface area contributed by atoms with Crippen molar-refractivity contribution < 1.29 is 4.42 Å². The first-order valence-corrected chi connectivity index (χ1v) is 12.3. The molecule has 0 N–H and O–H groups in total. The molecule has 0 saturated heterocycles. The van der Waals surface area contributed by atoms with E-state index in [0.29, 0.717) is 5.89 Å². The number of hydrogen-bond acceptors (Lipinski definition) is 2. The Kier molecular flexibility index (Phi) is 4.61. The molecule has 2 heterocycles. The van der Waals surface area contributed by atoms with Gasteiger partial charge in [0.25, 0.3) is 0 Å². The zero-order chi connectivity index (χ0) is 23.4. The lowest BCUT2D eigenvalue weighted by Gasteiger charge is -2.08. The Hall–Kier alpha value is -4.15. The third-order valence-corrected chi connectivity index (χ3v) is 6.97. The highest BCUT2D eigenvalue weighted by Crippen LogP contribution is 2.39. The number of nitrogens with zero attached hydrogens (tertiary/aromatic N) is 2. The van der Waals surface area contributed by atoms with Crippen LogP contribution in [0.3, 0.4) is 0 Å². The quantitative estimate of drug-likeness (QED) is 0.235. The third-order valence-electron chi connectivity index (χ3n) is 6.48. The Morgan fingerprint density at radius 2 is 1.37 bits per heavy atom. The molecule has 35 heavy (non-hydrogen) atoms. The number of hydrogen-bond donors (Lipinski definition) is 0. The lowest BCUT2D eigenvalue weighted by Crippen LogP contribution is -1.93. The van der Waals surface area contributed by atoms with Gasteiger partial charge < -0.3 is 8.98 Å². The molecule has 0 bridgehead atoms. The van der Waals surface area contributed by atoms with Crippen molar-refractivity contribution in [1.82, 2.24) is 9.55 Å². The van der Waals surface area contributed by atoms with Crippen LogP contribution >= 0.6 is 15.9 Å². The molecule has 0 aliphatic carbocycles. The second-order valence-corrected chi connectivity index (χ2v) is 9.52. The van der Waals surface area contributed by atoms with Gasteiger partial charge in [0.05, 0.1) is 11.0 Å². The maximum atomic E-state index is 6.45. The third kappa shape index (κ3) is 3.29.